The van der Waals surface area contributed by atoms with Crippen LogP contribution in [0.25, 0.3) is 0 Å². The summed E-state index contributed by atoms with van der Waals surface area (Å²) in [5.74, 6) is -0.931. The van der Waals surface area contributed by atoms with Crippen LogP contribution in [0.15, 0.2) is 0 Å². The third-order valence-electron chi connectivity index (χ3n) is 1.91. The number of carbonyl (C=O) groups is 2. The van der Waals surface area contributed by atoms with E-state index in [-0.39, 0.29) is 18.9 Å². The number of ketones is 2. The lowest BCUT2D eigenvalue weighted by Gasteiger charge is -2.20. The summed E-state index contributed by atoms with van der Waals surface area (Å²) in [4.78, 5) is 21.7. The van der Waals surface area contributed by atoms with E-state index in [4.69, 9.17) is 10.2 Å². The summed E-state index contributed by atoms with van der Waals surface area (Å²) in [6.45, 7) is 0.262. The second-order valence-electron chi connectivity index (χ2n) is 3.46. The molecule has 0 unspecified atom stereocenters. The van der Waals surface area contributed by atoms with Gasteiger partial charge in [0.05, 0.1) is 19.7 Å². The molecule has 94 valence electrons. The topological polar surface area (TPSA) is 127 Å². The van der Waals surface area contributed by atoms with Crippen molar-refractivity contribution >= 4 is 11.6 Å². The molecule has 0 radical (unpaired) electrons. The first-order valence-electron chi connectivity index (χ1n) is 4.78. The van der Waals surface area contributed by atoms with Crippen LogP contribution in [0.4, 0.5) is 0 Å². The standard InChI is InChI=1S/C9H17NO6/c1-5(12)2-10-3-6(13)8(15)9(16)7(14)4-11/h7-11,14-16H,2-4H2,1H3/t7-,8-,9-/m1/s1. The molecule has 3 atom stereocenters. The van der Waals surface area contributed by atoms with Gasteiger partial charge in [-0.15, -0.1) is 0 Å². The van der Waals surface area contributed by atoms with Crippen LogP contribution in [-0.2, 0) is 9.59 Å². The van der Waals surface area contributed by atoms with Crippen LogP contribution in [-0.4, -0.2) is 70.0 Å². The molecule has 0 spiro atoms. The van der Waals surface area contributed by atoms with Crippen LogP contribution < -0.4 is 5.32 Å². The Labute approximate surface area is 92.7 Å². The molecule has 0 saturated carbocycles. The van der Waals surface area contributed by atoms with Crippen molar-refractivity contribution in [1.29, 1.82) is 0 Å². The van der Waals surface area contributed by atoms with Crippen LogP contribution >= 0.6 is 0 Å². The van der Waals surface area contributed by atoms with Crippen molar-refractivity contribution in [1.82, 2.24) is 5.32 Å². The highest BCUT2D eigenvalue weighted by atomic mass is 16.4. The Morgan fingerprint density at radius 3 is 2.19 bits per heavy atom. The van der Waals surface area contributed by atoms with Gasteiger partial charge in [-0.1, -0.05) is 0 Å². The normalized spacial score (nSPS) is 16.6. The molecule has 0 aromatic rings. The summed E-state index contributed by atoms with van der Waals surface area (Å²) in [6, 6.07) is 0. The smallest absolute Gasteiger partial charge is 0.177 e. The molecule has 0 aliphatic carbocycles. The van der Waals surface area contributed by atoms with Gasteiger partial charge >= 0.3 is 0 Å². The van der Waals surface area contributed by atoms with Crippen molar-refractivity contribution in [2.75, 3.05) is 19.7 Å². The van der Waals surface area contributed by atoms with E-state index in [9.17, 15) is 19.8 Å². The molecule has 5 N–H and O–H groups in total. The van der Waals surface area contributed by atoms with Gasteiger partial charge < -0.3 is 25.7 Å². The fourth-order valence-electron chi connectivity index (χ4n) is 0.975. The zero-order valence-electron chi connectivity index (χ0n) is 8.96. The number of hydrogen-bond acceptors (Lipinski definition) is 7. The van der Waals surface area contributed by atoms with Crippen LogP contribution in [0.3, 0.4) is 0 Å². The molecule has 0 amide bonds. The van der Waals surface area contributed by atoms with Crippen molar-refractivity contribution in [3.05, 3.63) is 0 Å². The fourth-order valence-corrected chi connectivity index (χ4v) is 0.975. The van der Waals surface area contributed by atoms with Gasteiger partial charge in [0, 0.05) is 0 Å². The molecule has 7 heteroatoms. The van der Waals surface area contributed by atoms with E-state index >= 15 is 0 Å². The van der Waals surface area contributed by atoms with Crippen LogP contribution in [0.5, 0.6) is 0 Å². The monoisotopic (exact) mass is 235 g/mol. The van der Waals surface area contributed by atoms with Crippen LogP contribution in [0.2, 0.25) is 0 Å². The third-order valence-corrected chi connectivity index (χ3v) is 1.91. The average molecular weight is 235 g/mol. The summed E-state index contributed by atoms with van der Waals surface area (Å²) in [5.41, 5.74) is 0. The SMILES string of the molecule is CC(=O)CNCC(=O)[C@@H](O)[C@H](O)[C@H](O)CO. The minimum Gasteiger partial charge on any atom is -0.394 e. The minimum atomic E-state index is -1.79. The van der Waals surface area contributed by atoms with Crippen molar-refractivity contribution in [2.24, 2.45) is 0 Å². The first-order chi connectivity index (χ1) is 7.40. The zero-order chi connectivity index (χ0) is 12.7. The second-order valence-corrected chi connectivity index (χ2v) is 3.46. The van der Waals surface area contributed by atoms with Gasteiger partial charge in [0.1, 0.15) is 24.1 Å². The predicted molar refractivity (Wildman–Crippen MR) is 53.7 cm³/mol. The number of Topliss-reactive ketones (excluding diaryl/α,β-unsaturated/α-hetero) is 2. The van der Waals surface area contributed by atoms with Gasteiger partial charge in [-0.2, -0.15) is 0 Å². The summed E-state index contributed by atoms with van der Waals surface area (Å²) in [5, 5.41) is 38.4. The maximum Gasteiger partial charge on any atom is 0.177 e. The largest absolute Gasteiger partial charge is 0.394 e. The fraction of sp³-hybridized carbons (Fsp3) is 0.778. The molecule has 16 heavy (non-hydrogen) atoms. The minimum absolute atomic E-state index is 0.0168. The molecule has 0 aromatic carbocycles. The average Bonchev–Trinajstić information content (AvgIpc) is 2.25. The molecule has 0 bridgehead atoms. The quantitative estimate of drug-likeness (QED) is 0.300. The Morgan fingerprint density at radius 2 is 1.75 bits per heavy atom. The van der Waals surface area contributed by atoms with Gasteiger partial charge in [-0.25, -0.2) is 0 Å². The van der Waals surface area contributed by atoms with Gasteiger partial charge in [0.2, 0.25) is 0 Å². The van der Waals surface area contributed by atoms with E-state index in [2.05, 4.69) is 5.32 Å². The van der Waals surface area contributed by atoms with E-state index in [1.165, 1.54) is 6.92 Å². The highest BCUT2D eigenvalue weighted by molar-refractivity contribution is 5.86. The first-order valence-corrected chi connectivity index (χ1v) is 4.78. The van der Waals surface area contributed by atoms with E-state index in [1.54, 1.807) is 0 Å². The number of aliphatic hydroxyl groups excluding tert-OH is 4. The highest BCUT2D eigenvalue weighted by Crippen LogP contribution is 2.00. The molecule has 7 nitrogen and oxygen atoms in total. The molecule has 0 heterocycles. The maximum atomic E-state index is 11.2. The molecule has 0 fully saturated rings. The number of rotatable bonds is 8. The lowest BCUT2D eigenvalue weighted by Crippen LogP contribution is -2.46. The maximum absolute atomic E-state index is 11.2. The molecule has 0 aromatic heterocycles. The summed E-state index contributed by atoms with van der Waals surface area (Å²) in [7, 11) is 0. The molecular weight excluding hydrogens is 218 g/mol. The molecule has 0 rings (SSSR count). The number of hydrogen-bond donors (Lipinski definition) is 5. The van der Waals surface area contributed by atoms with Crippen molar-refractivity contribution in [3.63, 3.8) is 0 Å². The van der Waals surface area contributed by atoms with Crippen molar-refractivity contribution < 1.29 is 30.0 Å². The number of nitrogens with one attached hydrogen (secondary N) is 1. The molecule has 0 aliphatic rings. The Morgan fingerprint density at radius 1 is 1.19 bits per heavy atom. The third kappa shape index (κ3) is 5.29. The highest BCUT2D eigenvalue weighted by Gasteiger charge is 2.29. The molecule has 0 saturated heterocycles. The Bertz CT molecular complexity index is 244. The van der Waals surface area contributed by atoms with Gasteiger partial charge in [-0.05, 0) is 6.92 Å². The molecular formula is C9H17NO6. The summed E-state index contributed by atoms with van der Waals surface area (Å²) >= 11 is 0. The Balaban J connectivity index is 4.02. The lowest BCUT2D eigenvalue weighted by atomic mass is 10.0. The number of carbonyl (C=O) groups excluding carboxylic acids is 2. The second kappa shape index (κ2) is 7.42. The van der Waals surface area contributed by atoms with E-state index in [0.717, 1.165) is 0 Å². The zero-order valence-corrected chi connectivity index (χ0v) is 8.96. The Kier molecular flexibility index (Phi) is 7.02. The van der Waals surface area contributed by atoms with E-state index < -0.39 is 30.7 Å². The van der Waals surface area contributed by atoms with Crippen LogP contribution in [0, 0.1) is 0 Å². The first kappa shape index (κ1) is 15.1. The predicted octanol–water partition coefficient (Wildman–Crippen LogP) is -3.19. The van der Waals surface area contributed by atoms with Crippen LogP contribution in [0.1, 0.15) is 6.92 Å². The van der Waals surface area contributed by atoms with Crippen molar-refractivity contribution in [2.45, 2.75) is 25.2 Å². The van der Waals surface area contributed by atoms with E-state index in [0.29, 0.717) is 0 Å². The van der Waals surface area contributed by atoms with Crippen molar-refractivity contribution in [3.8, 4) is 0 Å². The van der Waals surface area contributed by atoms with Gasteiger partial charge in [0.25, 0.3) is 0 Å². The number of aliphatic hydroxyl groups is 4. The summed E-state index contributed by atoms with van der Waals surface area (Å²) in [6.07, 6.45) is -5.11. The van der Waals surface area contributed by atoms with Gasteiger partial charge in [0.15, 0.2) is 5.78 Å². The lowest BCUT2D eigenvalue weighted by molar-refractivity contribution is -0.139. The Hall–Kier alpha value is -0.860. The summed E-state index contributed by atoms with van der Waals surface area (Å²) < 4.78 is 0. The van der Waals surface area contributed by atoms with E-state index in [1.807, 2.05) is 0 Å². The van der Waals surface area contributed by atoms with Gasteiger partial charge in [-0.3, -0.25) is 9.59 Å². The molecule has 0 aliphatic heterocycles.